The zero-order valence-electron chi connectivity index (χ0n) is 12.5. The van der Waals surface area contributed by atoms with Crippen molar-refractivity contribution >= 4 is 11.6 Å². The first-order chi connectivity index (χ1) is 10.4. The molecule has 0 spiro atoms. The van der Waals surface area contributed by atoms with Gasteiger partial charge in [0, 0.05) is 11.6 Å². The van der Waals surface area contributed by atoms with Gasteiger partial charge in [-0.1, -0.05) is 18.2 Å². The topological polar surface area (TPSA) is 91.9 Å². The SMILES string of the molecule is C/C(=N/NC(=O)c1ccccc1C)c1c(O)cc(C)oc1=O. The average Bonchev–Trinajstić information content (AvgIpc) is 2.44. The number of nitrogens with zero attached hydrogens (tertiary/aromatic N) is 1. The molecule has 2 rings (SSSR count). The summed E-state index contributed by atoms with van der Waals surface area (Å²) in [6.45, 7) is 4.86. The molecule has 0 aliphatic rings. The fourth-order valence-corrected chi connectivity index (χ4v) is 2.01. The zero-order chi connectivity index (χ0) is 16.3. The van der Waals surface area contributed by atoms with Crippen molar-refractivity contribution in [3.63, 3.8) is 0 Å². The van der Waals surface area contributed by atoms with Gasteiger partial charge >= 0.3 is 5.63 Å². The largest absolute Gasteiger partial charge is 0.507 e. The predicted molar refractivity (Wildman–Crippen MR) is 82.2 cm³/mol. The van der Waals surface area contributed by atoms with E-state index in [0.717, 1.165) is 5.56 Å². The smallest absolute Gasteiger partial charge is 0.348 e. The molecule has 0 saturated heterocycles. The van der Waals surface area contributed by atoms with E-state index in [9.17, 15) is 14.7 Å². The summed E-state index contributed by atoms with van der Waals surface area (Å²) in [5, 5.41) is 13.7. The fourth-order valence-electron chi connectivity index (χ4n) is 2.01. The van der Waals surface area contributed by atoms with E-state index in [1.54, 1.807) is 19.1 Å². The second-order valence-electron chi connectivity index (χ2n) is 4.86. The number of aromatic hydroxyl groups is 1. The Balaban J connectivity index is 2.26. The van der Waals surface area contributed by atoms with Crippen molar-refractivity contribution in [3.05, 3.63) is 63.2 Å². The Morgan fingerprint density at radius 3 is 2.59 bits per heavy atom. The molecular weight excluding hydrogens is 284 g/mol. The lowest BCUT2D eigenvalue weighted by Crippen LogP contribution is -2.22. The van der Waals surface area contributed by atoms with E-state index >= 15 is 0 Å². The number of nitrogens with one attached hydrogen (secondary N) is 1. The minimum atomic E-state index is -0.705. The van der Waals surface area contributed by atoms with E-state index < -0.39 is 11.5 Å². The van der Waals surface area contributed by atoms with Crippen LogP contribution in [0.4, 0.5) is 0 Å². The third-order valence-electron chi connectivity index (χ3n) is 3.13. The molecule has 1 aromatic heterocycles. The Morgan fingerprint density at radius 1 is 1.27 bits per heavy atom. The van der Waals surface area contributed by atoms with Gasteiger partial charge in [-0.05, 0) is 32.4 Å². The molecule has 2 N–H and O–H groups in total. The number of carbonyl (C=O) groups excluding carboxylic acids is 1. The standard InChI is InChI=1S/C16H16N2O4/c1-9-6-4-5-7-12(9)15(20)18-17-11(3)14-13(19)8-10(2)22-16(14)21/h4-8,19H,1-3H3,(H,18,20)/b17-11-. The van der Waals surface area contributed by atoms with Gasteiger partial charge in [-0.15, -0.1) is 0 Å². The lowest BCUT2D eigenvalue weighted by Gasteiger charge is -2.06. The quantitative estimate of drug-likeness (QED) is 0.671. The van der Waals surface area contributed by atoms with Crippen LogP contribution < -0.4 is 11.1 Å². The Bertz CT molecular complexity index is 806. The number of hydrogen-bond acceptors (Lipinski definition) is 5. The number of benzene rings is 1. The molecule has 0 fully saturated rings. The maximum Gasteiger partial charge on any atom is 0.348 e. The molecule has 0 atom stereocenters. The highest BCUT2D eigenvalue weighted by atomic mass is 16.4. The molecule has 0 aliphatic heterocycles. The van der Waals surface area contributed by atoms with Gasteiger partial charge in [0.15, 0.2) is 0 Å². The summed E-state index contributed by atoms with van der Waals surface area (Å²) in [5.74, 6) is -0.337. The summed E-state index contributed by atoms with van der Waals surface area (Å²) in [6.07, 6.45) is 0. The minimum Gasteiger partial charge on any atom is -0.507 e. The molecule has 0 radical (unpaired) electrons. The normalized spacial score (nSPS) is 11.3. The number of aryl methyl sites for hydroxylation is 2. The van der Waals surface area contributed by atoms with Crippen LogP contribution >= 0.6 is 0 Å². The van der Waals surface area contributed by atoms with Gasteiger partial charge < -0.3 is 9.52 Å². The van der Waals surface area contributed by atoms with E-state index in [1.165, 1.54) is 13.0 Å². The van der Waals surface area contributed by atoms with Crippen molar-refractivity contribution in [1.82, 2.24) is 5.43 Å². The van der Waals surface area contributed by atoms with Crippen molar-refractivity contribution in [3.8, 4) is 5.75 Å². The molecule has 6 heteroatoms. The molecule has 2 aromatic rings. The molecule has 0 aliphatic carbocycles. The van der Waals surface area contributed by atoms with Crippen molar-refractivity contribution in [2.24, 2.45) is 5.10 Å². The monoisotopic (exact) mass is 300 g/mol. The molecule has 0 bridgehead atoms. The Kier molecular flexibility index (Phi) is 4.41. The summed E-state index contributed by atoms with van der Waals surface area (Å²) >= 11 is 0. The minimum absolute atomic E-state index is 0.0734. The maximum atomic E-state index is 12.0. The van der Waals surface area contributed by atoms with Gasteiger partial charge in [-0.3, -0.25) is 4.79 Å². The van der Waals surface area contributed by atoms with Crippen molar-refractivity contribution in [1.29, 1.82) is 0 Å². The Morgan fingerprint density at radius 2 is 1.95 bits per heavy atom. The van der Waals surface area contributed by atoms with Crippen molar-refractivity contribution in [2.45, 2.75) is 20.8 Å². The molecular formula is C16H16N2O4. The Labute approximate surface area is 127 Å². The van der Waals surface area contributed by atoms with Gasteiger partial charge in [-0.25, -0.2) is 10.2 Å². The lowest BCUT2D eigenvalue weighted by atomic mass is 10.1. The summed E-state index contributed by atoms with van der Waals surface area (Å²) in [6, 6.07) is 8.38. The first kappa shape index (κ1) is 15.5. The van der Waals surface area contributed by atoms with Crippen LogP contribution in [-0.2, 0) is 0 Å². The first-order valence-electron chi connectivity index (χ1n) is 6.64. The van der Waals surface area contributed by atoms with Crippen LogP contribution in [-0.4, -0.2) is 16.7 Å². The highest BCUT2D eigenvalue weighted by Crippen LogP contribution is 2.15. The fraction of sp³-hybridized carbons (Fsp3) is 0.188. The summed E-state index contributed by atoms with van der Waals surface area (Å²) in [4.78, 5) is 23.8. The molecule has 0 unspecified atom stereocenters. The third-order valence-corrected chi connectivity index (χ3v) is 3.13. The number of amides is 1. The molecule has 22 heavy (non-hydrogen) atoms. The summed E-state index contributed by atoms with van der Waals surface area (Å²) in [7, 11) is 0. The van der Waals surface area contributed by atoms with Crippen LogP contribution in [0.5, 0.6) is 5.75 Å². The van der Waals surface area contributed by atoms with Crippen LogP contribution in [0.2, 0.25) is 0 Å². The molecule has 6 nitrogen and oxygen atoms in total. The number of hydrogen-bond donors (Lipinski definition) is 2. The van der Waals surface area contributed by atoms with Crippen LogP contribution in [0.1, 0.15) is 34.2 Å². The van der Waals surface area contributed by atoms with E-state index in [-0.39, 0.29) is 17.0 Å². The molecule has 114 valence electrons. The highest BCUT2D eigenvalue weighted by molar-refractivity contribution is 6.02. The van der Waals surface area contributed by atoms with Gasteiger partial charge in [0.25, 0.3) is 5.91 Å². The summed E-state index contributed by atoms with van der Waals surface area (Å²) < 4.78 is 4.91. The van der Waals surface area contributed by atoms with Crippen LogP contribution in [0.15, 0.2) is 44.6 Å². The number of carbonyl (C=O) groups is 1. The molecule has 1 amide bonds. The van der Waals surface area contributed by atoms with E-state index in [1.807, 2.05) is 19.1 Å². The molecule has 1 heterocycles. The highest BCUT2D eigenvalue weighted by Gasteiger charge is 2.14. The van der Waals surface area contributed by atoms with Crippen LogP contribution in [0, 0.1) is 13.8 Å². The number of rotatable bonds is 3. The summed E-state index contributed by atoms with van der Waals surface area (Å²) in [5.41, 5.74) is 3.04. The first-order valence-corrected chi connectivity index (χ1v) is 6.64. The molecule has 1 aromatic carbocycles. The zero-order valence-corrected chi connectivity index (χ0v) is 12.5. The van der Waals surface area contributed by atoms with E-state index in [4.69, 9.17) is 4.42 Å². The van der Waals surface area contributed by atoms with Gasteiger partial charge in [0.05, 0.1) is 5.71 Å². The van der Waals surface area contributed by atoms with Crippen molar-refractivity contribution in [2.75, 3.05) is 0 Å². The van der Waals surface area contributed by atoms with Gasteiger partial charge in [0.2, 0.25) is 0 Å². The maximum absolute atomic E-state index is 12.0. The van der Waals surface area contributed by atoms with E-state index in [0.29, 0.717) is 11.3 Å². The number of hydrazone groups is 1. The predicted octanol–water partition coefficient (Wildman–Crippen LogP) is 2.12. The van der Waals surface area contributed by atoms with Crippen molar-refractivity contribution < 1.29 is 14.3 Å². The van der Waals surface area contributed by atoms with E-state index in [2.05, 4.69) is 10.5 Å². The third kappa shape index (κ3) is 3.22. The second-order valence-corrected chi connectivity index (χ2v) is 4.86. The van der Waals surface area contributed by atoms with Crippen LogP contribution in [0.3, 0.4) is 0 Å². The Hall–Kier alpha value is -2.89. The van der Waals surface area contributed by atoms with Gasteiger partial charge in [-0.2, -0.15) is 5.10 Å². The van der Waals surface area contributed by atoms with Crippen LogP contribution in [0.25, 0.3) is 0 Å². The second kappa shape index (κ2) is 6.26. The molecule has 0 saturated carbocycles. The average molecular weight is 300 g/mol. The van der Waals surface area contributed by atoms with Gasteiger partial charge in [0.1, 0.15) is 17.1 Å². The lowest BCUT2D eigenvalue weighted by molar-refractivity contribution is 0.0954.